The largest absolute Gasteiger partial charge is 0.303 e. The fourth-order valence-corrected chi connectivity index (χ4v) is 4.34. The van der Waals surface area contributed by atoms with E-state index in [-0.39, 0.29) is 11.0 Å². The predicted octanol–water partition coefficient (Wildman–Crippen LogP) is 1.90. The Hall–Kier alpha value is -0.420. The van der Waals surface area contributed by atoms with E-state index in [2.05, 4.69) is 62.4 Å². The zero-order valence-electron chi connectivity index (χ0n) is 14.8. The Labute approximate surface area is 130 Å². The number of rotatable bonds is 5. The molecule has 2 aliphatic rings. The van der Waals surface area contributed by atoms with Crippen LogP contribution in [0, 0.1) is 5.41 Å². The Balaban J connectivity index is 2.38. The van der Waals surface area contributed by atoms with Gasteiger partial charge in [0.25, 0.3) is 0 Å². The molecule has 0 aromatic carbocycles. The normalized spacial score (nSPS) is 23.7. The molecule has 0 aromatic rings. The first-order valence-corrected chi connectivity index (χ1v) is 8.45. The third-order valence-corrected chi connectivity index (χ3v) is 5.41. The molecule has 0 aliphatic carbocycles. The summed E-state index contributed by atoms with van der Waals surface area (Å²) in [7, 11) is 0. The van der Waals surface area contributed by atoms with Crippen molar-refractivity contribution in [3.8, 4) is 0 Å². The highest BCUT2D eigenvalue weighted by atomic mass is 15.3. The fourth-order valence-electron chi connectivity index (χ4n) is 4.34. The Morgan fingerprint density at radius 3 is 2.19 bits per heavy atom. The fraction of sp³-hybridized carbons (Fsp3) is 0.882. The monoisotopic (exact) mass is 294 g/mol. The van der Waals surface area contributed by atoms with Gasteiger partial charge in [0.2, 0.25) is 0 Å². The van der Waals surface area contributed by atoms with E-state index >= 15 is 0 Å². The van der Waals surface area contributed by atoms with E-state index in [0.717, 1.165) is 39.3 Å². The highest BCUT2D eigenvalue weighted by molar-refractivity contribution is 5.32. The zero-order chi connectivity index (χ0) is 15.7. The van der Waals surface area contributed by atoms with Gasteiger partial charge < -0.3 is 5.32 Å². The second-order valence-electron chi connectivity index (χ2n) is 7.55. The van der Waals surface area contributed by atoms with Gasteiger partial charge in [0.1, 0.15) is 0 Å². The van der Waals surface area contributed by atoms with E-state index in [1.54, 1.807) is 5.57 Å². The minimum absolute atomic E-state index is 0.0824. The van der Waals surface area contributed by atoms with Gasteiger partial charge in [0.15, 0.2) is 0 Å². The summed E-state index contributed by atoms with van der Waals surface area (Å²) in [6.45, 7) is 19.5. The van der Waals surface area contributed by atoms with Gasteiger partial charge in [-0.05, 0) is 32.8 Å². The Bertz CT molecular complexity index is 356. The van der Waals surface area contributed by atoms with E-state index in [0.29, 0.717) is 6.17 Å². The summed E-state index contributed by atoms with van der Waals surface area (Å²) in [5.41, 5.74) is 3.31. The summed E-state index contributed by atoms with van der Waals surface area (Å²) >= 11 is 0. The zero-order valence-corrected chi connectivity index (χ0v) is 14.8. The third-order valence-electron chi connectivity index (χ3n) is 5.41. The number of nitrogens with zero attached hydrogens (tertiary/aromatic N) is 1. The van der Waals surface area contributed by atoms with E-state index in [9.17, 15) is 0 Å². The molecule has 2 heterocycles. The Morgan fingerprint density at radius 1 is 1.10 bits per heavy atom. The summed E-state index contributed by atoms with van der Waals surface area (Å²) in [6.07, 6.45) is 1.49. The lowest BCUT2D eigenvalue weighted by Crippen LogP contribution is -2.55. The molecule has 2 fully saturated rings. The molecule has 2 saturated heterocycles. The Kier molecular flexibility index (Phi) is 5.14. The molecular weight excluding hydrogens is 260 g/mol. The summed E-state index contributed by atoms with van der Waals surface area (Å²) in [5, 5.41) is 10.8. The quantitative estimate of drug-likeness (QED) is 0.677. The van der Waals surface area contributed by atoms with Crippen molar-refractivity contribution < 1.29 is 0 Å². The van der Waals surface area contributed by atoms with Crippen LogP contribution in [-0.2, 0) is 0 Å². The number of allylic oxidation sites excluding steroid dienone is 1. The van der Waals surface area contributed by atoms with Crippen molar-refractivity contribution in [3.63, 3.8) is 0 Å². The first-order chi connectivity index (χ1) is 9.81. The van der Waals surface area contributed by atoms with E-state index < -0.39 is 0 Å². The molecule has 0 atom stereocenters. The van der Waals surface area contributed by atoms with E-state index in [1.807, 2.05) is 0 Å². The van der Waals surface area contributed by atoms with Crippen molar-refractivity contribution in [3.05, 3.63) is 11.1 Å². The summed E-state index contributed by atoms with van der Waals surface area (Å²) in [4.78, 5) is 2.58. The molecule has 4 nitrogen and oxygen atoms in total. The van der Waals surface area contributed by atoms with Crippen LogP contribution < -0.4 is 16.0 Å². The predicted molar refractivity (Wildman–Crippen MR) is 90.2 cm³/mol. The molecule has 0 unspecified atom stereocenters. The molecule has 0 radical (unpaired) electrons. The molecule has 4 heteroatoms. The molecule has 3 N–H and O–H groups in total. The highest BCUT2D eigenvalue weighted by Crippen LogP contribution is 2.43. The lowest BCUT2D eigenvalue weighted by atomic mass is 9.69. The molecule has 0 bridgehead atoms. The minimum atomic E-state index is 0.0824. The van der Waals surface area contributed by atoms with Crippen LogP contribution in [0.15, 0.2) is 11.1 Å². The smallest absolute Gasteiger partial charge is 0.0664 e. The van der Waals surface area contributed by atoms with Gasteiger partial charge in [-0.15, -0.1) is 0 Å². The molecule has 0 amide bonds. The maximum atomic E-state index is 3.64. The summed E-state index contributed by atoms with van der Waals surface area (Å²) in [6, 6.07) is 0. The van der Waals surface area contributed by atoms with Crippen LogP contribution in [0.5, 0.6) is 0 Å². The first-order valence-electron chi connectivity index (χ1n) is 8.45. The second kappa shape index (κ2) is 6.37. The van der Waals surface area contributed by atoms with E-state index in [4.69, 9.17) is 0 Å². The minimum Gasteiger partial charge on any atom is -0.303 e. The van der Waals surface area contributed by atoms with Crippen LogP contribution in [0.25, 0.3) is 0 Å². The van der Waals surface area contributed by atoms with Gasteiger partial charge in [-0.3, -0.25) is 15.5 Å². The van der Waals surface area contributed by atoms with Gasteiger partial charge in [-0.2, -0.15) is 0 Å². The highest BCUT2D eigenvalue weighted by Gasteiger charge is 2.45. The molecule has 2 aliphatic heterocycles. The van der Waals surface area contributed by atoms with Gasteiger partial charge in [0.05, 0.1) is 6.17 Å². The topological polar surface area (TPSA) is 39.3 Å². The third kappa shape index (κ3) is 3.19. The van der Waals surface area contributed by atoms with Crippen LogP contribution in [0.4, 0.5) is 0 Å². The van der Waals surface area contributed by atoms with Crippen LogP contribution in [0.1, 0.15) is 48.0 Å². The molecule has 0 spiro atoms. The molecular formula is C17H34N4. The second-order valence-corrected chi connectivity index (χ2v) is 7.55. The van der Waals surface area contributed by atoms with Crippen molar-refractivity contribution in [2.24, 2.45) is 5.41 Å². The van der Waals surface area contributed by atoms with Crippen molar-refractivity contribution in [1.29, 1.82) is 0 Å². The van der Waals surface area contributed by atoms with Gasteiger partial charge in [-0.25, -0.2) is 0 Å². The first kappa shape index (κ1) is 16.9. The summed E-state index contributed by atoms with van der Waals surface area (Å²) in [5.74, 6) is 0. The van der Waals surface area contributed by atoms with Crippen molar-refractivity contribution in [2.45, 2.75) is 59.7 Å². The SMILES string of the molecule is CC/C(C)=C(\C(C)(C)C1NCCN1)C(C)(C)N1CCNC1. The molecule has 122 valence electrons. The number of hydrogen-bond acceptors (Lipinski definition) is 4. The van der Waals surface area contributed by atoms with Gasteiger partial charge in [-0.1, -0.05) is 26.3 Å². The standard InChI is InChI=1S/C17H34N4/c1-7-13(2)14(16(3,4)15-19-8-9-20-15)17(5,6)21-11-10-18-12-21/h15,18-20H,7-12H2,1-6H3/b14-13+. The maximum absolute atomic E-state index is 3.64. The van der Waals surface area contributed by atoms with Crippen molar-refractivity contribution >= 4 is 0 Å². The van der Waals surface area contributed by atoms with Crippen LogP contribution in [0.3, 0.4) is 0 Å². The molecule has 2 rings (SSSR count). The number of hydrogen-bond donors (Lipinski definition) is 3. The Morgan fingerprint density at radius 2 is 1.71 bits per heavy atom. The average Bonchev–Trinajstić information content (AvgIpc) is 3.11. The van der Waals surface area contributed by atoms with Gasteiger partial charge >= 0.3 is 0 Å². The van der Waals surface area contributed by atoms with Gasteiger partial charge in [0, 0.05) is 43.8 Å². The van der Waals surface area contributed by atoms with E-state index in [1.165, 1.54) is 5.57 Å². The summed E-state index contributed by atoms with van der Waals surface area (Å²) < 4.78 is 0. The number of nitrogens with one attached hydrogen (secondary N) is 3. The van der Waals surface area contributed by atoms with Crippen molar-refractivity contribution in [1.82, 2.24) is 20.9 Å². The lowest BCUT2D eigenvalue weighted by Gasteiger charge is -2.47. The van der Waals surface area contributed by atoms with Crippen LogP contribution >= 0.6 is 0 Å². The molecule has 0 aromatic heterocycles. The average molecular weight is 294 g/mol. The van der Waals surface area contributed by atoms with Crippen LogP contribution in [0.2, 0.25) is 0 Å². The van der Waals surface area contributed by atoms with Crippen LogP contribution in [-0.4, -0.2) is 49.5 Å². The lowest BCUT2D eigenvalue weighted by molar-refractivity contribution is 0.141. The van der Waals surface area contributed by atoms with Crippen molar-refractivity contribution in [2.75, 3.05) is 32.8 Å². The maximum Gasteiger partial charge on any atom is 0.0664 e. The molecule has 0 saturated carbocycles. The molecule has 21 heavy (non-hydrogen) atoms.